The molecule has 0 radical (unpaired) electrons. The third-order valence-electron chi connectivity index (χ3n) is 2.71. The van der Waals surface area contributed by atoms with Crippen LogP contribution in [-0.4, -0.2) is 12.1 Å². The van der Waals surface area contributed by atoms with Gasteiger partial charge >= 0.3 is 0 Å². The Bertz CT molecular complexity index is 642. The van der Waals surface area contributed by atoms with Crippen LogP contribution in [0.1, 0.15) is 11.1 Å². The van der Waals surface area contributed by atoms with Gasteiger partial charge in [0.25, 0.3) is 0 Å². The number of pyridine rings is 1. The Kier molecular flexibility index (Phi) is 3.79. The third kappa shape index (κ3) is 2.72. The van der Waals surface area contributed by atoms with Gasteiger partial charge in [-0.15, -0.1) is 0 Å². The maximum absolute atomic E-state index is 9.29. The molecular weight excluding hydrogens is 238 g/mol. The predicted octanol–water partition coefficient (Wildman–Crippen LogP) is 2.44. The Morgan fingerprint density at radius 1 is 1.26 bits per heavy atom. The maximum Gasteiger partial charge on any atom is 0.119 e. The van der Waals surface area contributed by atoms with Crippen molar-refractivity contribution >= 4 is 11.3 Å². The second-order valence-corrected chi connectivity index (χ2v) is 3.87. The molecule has 1 aromatic heterocycles. The molecule has 1 heterocycles. The average molecular weight is 251 g/mol. The fourth-order valence-corrected chi connectivity index (χ4v) is 1.73. The van der Waals surface area contributed by atoms with Crippen LogP contribution in [0.3, 0.4) is 0 Å². The Balaban J connectivity index is 2.52. The molecule has 2 rings (SSSR count). The van der Waals surface area contributed by atoms with E-state index in [0.29, 0.717) is 22.6 Å². The zero-order valence-corrected chi connectivity index (χ0v) is 10.5. The van der Waals surface area contributed by atoms with Gasteiger partial charge in [0, 0.05) is 23.5 Å². The first-order valence-corrected chi connectivity index (χ1v) is 5.71. The van der Waals surface area contributed by atoms with E-state index >= 15 is 0 Å². The van der Waals surface area contributed by atoms with E-state index in [-0.39, 0.29) is 0 Å². The number of aromatic nitrogens is 1. The molecule has 0 saturated heterocycles. The number of nitrogens with zero attached hydrogens (tertiary/aromatic N) is 2. The summed E-state index contributed by atoms with van der Waals surface area (Å²) >= 11 is 0. The van der Waals surface area contributed by atoms with Gasteiger partial charge in [0.05, 0.1) is 18.4 Å². The minimum Gasteiger partial charge on any atom is -0.497 e. The fourth-order valence-electron chi connectivity index (χ4n) is 1.73. The van der Waals surface area contributed by atoms with Gasteiger partial charge in [-0.2, -0.15) is 5.26 Å². The molecule has 94 valence electrons. The number of nitriles is 1. The summed E-state index contributed by atoms with van der Waals surface area (Å²) in [6.45, 7) is 0. The lowest BCUT2D eigenvalue weighted by Crippen LogP contribution is -2.01. The highest BCUT2D eigenvalue weighted by atomic mass is 16.5. The largest absolute Gasteiger partial charge is 0.497 e. The number of rotatable bonds is 3. The standard InChI is InChI=1S/C15H13N3O/c1-19-13-6-2-4-11(8-13)15(17)14(9-16)12-5-3-7-18-10-12/h2-8,10H,17H2,1H3/b15-14+. The summed E-state index contributed by atoms with van der Waals surface area (Å²) in [7, 11) is 1.59. The molecule has 1 aromatic carbocycles. The highest BCUT2D eigenvalue weighted by Crippen LogP contribution is 2.24. The summed E-state index contributed by atoms with van der Waals surface area (Å²) in [5.74, 6) is 0.698. The predicted molar refractivity (Wildman–Crippen MR) is 73.8 cm³/mol. The highest BCUT2D eigenvalue weighted by molar-refractivity contribution is 5.95. The third-order valence-corrected chi connectivity index (χ3v) is 2.71. The quantitative estimate of drug-likeness (QED) is 0.850. The van der Waals surface area contributed by atoms with Gasteiger partial charge in [-0.1, -0.05) is 18.2 Å². The molecule has 0 fully saturated rings. The smallest absolute Gasteiger partial charge is 0.119 e. The minimum atomic E-state index is 0.404. The van der Waals surface area contributed by atoms with Crippen LogP contribution in [0.15, 0.2) is 48.8 Å². The van der Waals surface area contributed by atoms with Crippen molar-refractivity contribution in [1.82, 2.24) is 4.98 Å². The van der Waals surface area contributed by atoms with E-state index in [0.717, 1.165) is 5.56 Å². The van der Waals surface area contributed by atoms with Crippen LogP contribution in [0.25, 0.3) is 11.3 Å². The van der Waals surface area contributed by atoms with E-state index in [1.807, 2.05) is 18.2 Å². The minimum absolute atomic E-state index is 0.404. The van der Waals surface area contributed by atoms with Gasteiger partial charge in [0.1, 0.15) is 11.8 Å². The number of allylic oxidation sites excluding steroid dienone is 1. The Labute approximate surface area is 111 Å². The molecule has 0 atom stereocenters. The molecule has 0 aliphatic rings. The lowest BCUT2D eigenvalue weighted by Gasteiger charge is -2.07. The first-order valence-electron chi connectivity index (χ1n) is 5.71. The molecular formula is C15H13N3O. The monoisotopic (exact) mass is 251 g/mol. The van der Waals surface area contributed by atoms with E-state index in [2.05, 4.69) is 11.1 Å². The molecule has 0 bridgehead atoms. The van der Waals surface area contributed by atoms with Crippen LogP contribution in [-0.2, 0) is 0 Å². The molecule has 2 N–H and O–H groups in total. The van der Waals surface area contributed by atoms with Crippen molar-refractivity contribution in [3.63, 3.8) is 0 Å². The molecule has 19 heavy (non-hydrogen) atoms. The second-order valence-electron chi connectivity index (χ2n) is 3.87. The molecule has 0 aliphatic heterocycles. The number of methoxy groups -OCH3 is 1. The molecule has 4 nitrogen and oxygen atoms in total. The van der Waals surface area contributed by atoms with E-state index in [1.54, 1.807) is 37.7 Å². The molecule has 0 amide bonds. The molecule has 2 aromatic rings. The van der Waals surface area contributed by atoms with Crippen LogP contribution in [0.2, 0.25) is 0 Å². The summed E-state index contributed by atoms with van der Waals surface area (Å²) < 4.78 is 5.15. The van der Waals surface area contributed by atoms with Gasteiger partial charge in [-0.3, -0.25) is 4.98 Å². The van der Waals surface area contributed by atoms with Gasteiger partial charge < -0.3 is 10.5 Å². The SMILES string of the molecule is COc1cccc(/C(N)=C(/C#N)c2cccnc2)c1. The van der Waals surface area contributed by atoms with Crippen molar-refractivity contribution in [2.75, 3.05) is 7.11 Å². The number of nitrogens with two attached hydrogens (primary N) is 1. The number of hydrogen-bond acceptors (Lipinski definition) is 4. The van der Waals surface area contributed by atoms with E-state index in [1.165, 1.54) is 0 Å². The van der Waals surface area contributed by atoms with E-state index in [4.69, 9.17) is 10.5 Å². The first-order chi connectivity index (χ1) is 9.26. The van der Waals surface area contributed by atoms with Crippen LogP contribution in [0.4, 0.5) is 0 Å². The van der Waals surface area contributed by atoms with Crippen molar-refractivity contribution < 1.29 is 4.74 Å². The number of ether oxygens (including phenoxy) is 1. The Hall–Kier alpha value is -2.80. The van der Waals surface area contributed by atoms with Crippen molar-refractivity contribution in [3.8, 4) is 11.8 Å². The lowest BCUT2D eigenvalue weighted by molar-refractivity contribution is 0.414. The molecule has 4 heteroatoms. The Morgan fingerprint density at radius 2 is 2.05 bits per heavy atom. The van der Waals surface area contributed by atoms with Gasteiger partial charge in [-0.05, 0) is 18.2 Å². The van der Waals surface area contributed by atoms with Gasteiger partial charge in [0.2, 0.25) is 0 Å². The highest BCUT2D eigenvalue weighted by Gasteiger charge is 2.09. The van der Waals surface area contributed by atoms with Crippen LogP contribution in [0, 0.1) is 11.3 Å². The van der Waals surface area contributed by atoms with Crippen molar-refractivity contribution in [2.24, 2.45) is 5.73 Å². The number of hydrogen-bond donors (Lipinski definition) is 1. The lowest BCUT2D eigenvalue weighted by atomic mass is 10.0. The topological polar surface area (TPSA) is 71.9 Å². The van der Waals surface area contributed by atoms with Crippen LogP contribution < -0.4 is 10.5 Å². The van der Waals surface area contributed by atoms with Crippen LogP contribution in [0.5, 0.6) is 5.75 Å². The zero-order chi connectivity index (χ0) is 13.7. The summed E-state index contributed by atoms with van der Waals surface area (Å²) in [4.78, 5) is 4.00. The van der Waals surface area contributed by atoms with E-state index < -0.39 is 0 Å². The van der Waals surface area contributed by atoms with Gasteiger partial charge in [0.15, 0.2) is 0 Å². The van der Waals surface area contributed by atoms with Gasteiger partial charge in [-0.25, -0.2) is 0 Å². The van der Waals surface area contributed by atoms with Crippen LogP contribution >= 0.6 is 0 Å². The molecule has 0 unspecified atom stereocenters. The van der Waals surface area contributed by atoms with Crippen molar-refractivity contribution in [1.29, 1.82) is 5.26 Å². The van der Waals surface area contributed by atoms with Crippen molar-refractivity contribution in [3.05, 3.63) is 59.9 Å². The molecule has 0 aliphatic carbocycles. The first kappa shape index (κ1) is 12.7. The zero-order valence-electron chi connectivity index (χ0n) is 10.5. The maximum atomic E-state index is 9.29. The normalized spacial score (nSPS) is 11.4. The summed E-state index contributed by atoms with van der Waals surface area (Å²) in [5.41, 5.74) is 8.34. The molecule has 0 saturated carbocycles. The number of benzene rings is 1. The molecule has 0 spiro atoms. The van der Waals surface area contributed by atoms with E-state index in [9.17, 15) is 5.26 Å². The fraction of sp³-hybridized carbons (Fsp3) is 0.0667. The average Bonchev–Trinajstić information content (AvgIpc) is 2.49. The Morgan fingerprint density at radius 3 is 2.68 bits per heavy atom. The summed E-state index contributed by atoms with van der Waals surface area (Å²) in [5, 5.41) is 9.29. The van der Waals surface area contributed by atoms with Crippen molar-refractivity contribution in [2.45, 2.75) is 0 Å². The second kappa shape index (κ2) is 5.69. The summed E-state index contributed by atoms with van der Waals surface area (Å²) in [6, 6.07) is 13.0. The summed E-state index contributed by atoms with van der Waals surface area (Å²) in [6.07, 6.45) is 3.27.